The zero-order valence-electron chi connectivity index (χ0n) is 26.8. The number of thioether (sulfide) groups is 1. The summed E-state index contributed by atoms with van der Waals surface area (Å²) in [6.07, 6.45) is 3.56. The summed E-state index contributed by atoms with van der Waals surface area (Å²) in [7, 11) is 0. The lowest BCUT2D eigenvalue weighted by molar-refractivity contribution is -0.116. The standard InChI is InChI=1S/C42H32N4O3S/c47-40(31-14-5-2-6-15-31)46-38(25-32-17-9-16-28-11-7-8-20-36(28)32)41(48)44-33-18-10-19-35(26-33)50-39(30-12-3-1-4-13-30)42(49)45-34-22-21-29-23-24-43-37(29)27-34/h1-27,39,43H,(H,44,48)(H,45,49)(H,46,47)/b38-25+. The van der Waals surface area contributed by atoms with Crippen molar-refractivity contribution in [3.05, 3.63) is 180 Å². The van der Waals surface area contributed by atoms with Crippen LogP contribution in [0.4, 0.5) is 11.4 Å². The lowest BCUT2D eigenvalue weighted by atomic mass is 10.0. The van der Waals surface area contributed by atoms with E-state index in [4.69, 9.17) is 0 Å². The van der Waals surface area contributed by atoms with Gasteiger partial charge in [-0.05, 0) is 81.9 Å². The van der Waals surface area contributed by atoms with Crippen LogP contribution in [0.3, 0.4) is 0 Å². The summed E-state index contributed by atoms with van der Waals surface area (Å²) in [6, 6.07) is 47.1. The van der Waals surface area contributed by atoms with Gasteiger partial charge in [0, 0.05) is 33.5 Å². The maximum absolute atomic E-state index is 13.9. The molecule has 0 fully saturated rings. The Bertz CT molecular complexity index is 2350. The van der Waals surface area contributed by atoms with Crippen molar-refractivity contribution in [2.24, 2.45) is 0 Å². The van der Waals surface area contributed by atoms with Gasteiger partial charge in [0.2, 0.25) is 5.91 Å². The number of H-pyrrole nitrogens is 1. The van der Waals surface area contributed by atoms with Crippen molar-refractivity contribution < 1.29 is 14.4 Å². The fourth-order valence-electron chi connectivity index (χ4n) is 5.69. The maximum Gasteiger partial charge on any atom is 0.272 e. The fourth-order valence-corrected chi connectivity index (χ4v) is 6.77. The summed E-state index contributed by atoms with van der Waals surface area (Å²) in [5, 5.41) is 11.3. The van der Waals surface area contributed by atoms with Gasteiger partial charge in [0.05, 0.1) is 0 Å². The van der Waals surface area contributed by atoms with Crippen LogP contribution in [0.5, 0.6) is 0 Å². The molecule has 4 N–H and O–H groups in total. The molecule has 1 atom stereocenters. The monoisotopic (exact) mass is 672 g/mol. The Morgan fingerprint density at radius 2 is 1.36 bits per heavy atom. The fraction of sp³-hybridized carbons (Fsp3) is 0.0238. The number of nitrogens with one attached hydrogen (secondary N) is 4. The highest BCUT2D eigenvalue weighted by Gasteiger charge is 2.23. The van der Waals surface area contributed by atoms with Gasteiger partial charge in [0.1, 0.15) is 10.9 Å². The number of anilines is 2. The first-order valence-electron chi connectivity index (χ1n) is 16.1. The molecule has 0 aliphatic carbocycles. The third kappa shape index (κ3) is 7.51. The Morgan fingerprint density at radius 1 is 0.640 bits per heavy atom. The summed E-state index contributed by atoms with van der Waals surface area (Å²) in [5.74, 6) is -1.06. The highest BCUT2D eigenvalue weighted by Crippen LogP contribution is 2.37. The molecular weight excluding hydrogens is 641 g/mol. The molecule has 3 amide bonds. The average molecular weight is 673 g/mol. The van der Waals surface area contributed by atoms with E-state index >= 15 is 0 Å². The molecule has 0 bridgehead atoms. The molecular formula is C42H32N4O3S. The molecule has 7 nitrogen and oxygen atoms in total. The molecule has 0 radical (unpaired) electrons. The number of carbonyl (C=O) groups excluding carboxylic acids is 3. The molecule has 7 rings (SSSR count). The summed E-state index contributed by atoms with van der Waals surface area (Å²) >= 11 is 1.38. The van der Waals surface area contributed by atoms with Gasteiger partial charge in [-0.25, -0.2) is 0 Å². The van der Waals surface area contributed by atoms with Crippen LogP contribution in [-0.2, 0) is 9.59 Å². The smallest absolute Gasteiger partial charge is 0.272 e. The number of hydrogen-bond acceptors (Lipinski definition) is 4. The molecule has 0 saturated heterocycles. The molecule has 0 saturated carbocycles. The van der Waals surface area contributed by atoms with Gasteiger partial charge in [-0.1, -0.05) is 103 Å². The number of aromatic amines is 1. The minimum Gasteiger partial charge on any atom is -0.361 e. The van der Waals surface area contributed by atoms with E-state index < -0.39 is 17.1 Å². The van der Waals surface area contributed by atoms with E-state index in [1.54, 1.807) is 36.4 Å². The van der Waals surface area contributed by atoms with Crippen molar-refractivity contribution in [3.63, 3.8) is 0 Å². The van der Waals surface area contributed by atoms with Crippen LogP contribution in [0.25, 0.3) is 27.8 Å². The molecule has 1 aromatic heterocycles. The minimum absolute atomic E-state index is 0.0915. The second kappa shape index (κ2) is 14.8. The van der Waals surface area contributed by atoms with Gasteiger partial charge >= 0.3 is 0 Å². The molecule has 7 aromatic rings. The SMILES string of the molecule is O=C(Nc1cccc(SC(C(=O)Nc2ccc3cc[nH]c3c2)c2ccccc2)c1)/C(=C\c1cccc2ccccc12)NC(=O)c1ccccc1. The van der Waals surface area contributed by atoms with Crippen LogP contribution >= 0.6 is 11.8 Å². The number of benzene rings is 6. The predicted molar refractivity (Wildman–Crippen MR) is 203 cm³/mol. The van der Waals surface area contributed by atoms with Crippen molar-refractivity contribution >= 4 is 68.6 Å². The van der Waals surface area contributed by atoms with E-state index in [-0.39, 0.29) is 11.6 Å². The van der Waals surface area contributed by atoms with Crippen molar-refractivity contribution in [1.29, 1.82) is 0 Å². The van der Waals surface area contributed by atoms with Gasteiger partial charge in [-0.15, -0.1) is 11.8 Å². The quantitative estimate of drug-likeness (QED) is 0.0859. The Hall–Kier alpha value is -6.38. The number of aromatic nitrogens is 1. The number of carbonyl (C=O) groups is 3. The van der Waals surface area contributed by atoms with Crippen LogP contribution in [-0.4, -0.2) is 22.7 Å². The Labute approximate surface area is 293 Å². The topological polar surface area (TPSA) is 103 Å². The van der Waals surface area contributed by atoms with E-state index in [1.807, 2.05) is 128 Å². The first kappa shape index (κ1) is 32.2. The van der Waals surface area contributed by atoms with Gasteiger partial charge in [-0.3, -0.25) is 14.4 Å². The van der Waals surface area contributed by atoms with E-state index in [2.05, 4.69) is 20.9 Å². The van der Waals surface area contributed by atoms with E-state index in [0.717, 1.165) is 37.7 Å². The second-order valence-electron chi connectivity index (χ2n) is 11.6. The third-order valence-electron chi connectivity index (χ3n) is 8.16. The molecule has 8 heteroatoms. The van der Waals surface area contributed by atoms with E-state index in [0.29, 0.717) is 16.9 Å². The Balaban J connectivity index is 1.15. The molecule has 1 heterocycles. The molecule has 0 aliphatic heterocycles. The summed E-state index contributed by atoms with van der Waals surface area (Å²) < 4.78 is 0. The van der Waals surface area contributed by atoms with E-state index in [1.165, 1.54) is 11.8 Å². The summed E-state index contributed by atoms with van der Waals surface area (Å²) in [5.41, 5.74) is 4.29. The van der Waals surface area contributed by atoms with Gasteiger partial charge in [-0.2, -0.15) is 0 Å². The minimum atomic E-state index is -0.575. The van der Waals surface area contributed by atoms with Crippen LogP contribution in [0.15, 0.2) is 168 Å². The normalized spacial score (nSPS) is 12.0. The largest absolute Gasteiger partial charge is 0.361 e. The molecule has 1 unspecified atom stereocenters. The Morgan fingerprint density at radius 3 is 2.20 bits per heavy atom. The predicted octanol–water partition coefficient (Wildman–Crippen LogP) is 9.20. The summed E-state index contributed by atoms with van der Waals surface area (Å²) in [6.45, 7) is 0. The van der Waals surface area contributed by atoms with Crippen molar-refractivity contribution in [2.75, 3.05) is 10.6 Å². The first-order valence-corrected chi connectivity index (χ1v) is 16.9. The molecule has 0 spiro atoms. The number of rotatable bonds is 10. The number of hydrogen-bond donors (Lipinski definition) is 4. The summed E-state index contributed by atoms with van der Waals surface area (Å²) in [4.78, 5) is 44.9. The zero-order valence-corrected chi connectivity index (χ0v) is 27.6. The van der Waals surface area contributed by atoms with Crippen LogP contribution in [0.2, 0.25) is 0 Å². The highest BCUT2D eigenvalue weighted by atomic mass is 32.2. The molecule has 6 aromatic carbocycles. The second-order valence-corrected chi connectivity index (χ2v) is 12.8. The van der Waals surface area contributed by atoms with Gasteiger partial charge < -0.3 is 20.9 Å². The molecule has 50 heavy (non-hydrogen) atoms. The van der Waals surface area contributed by atoms with Crippen molar-refractivity contribution in [2.45, 2.75) is 10.1 Å². The zero-order chi connectivity index (χ0) is 34.3. The van der Waals surface area contributed by atoms with Crippen LogP contribution in [0.1, 0.15) is 26.7 Å². The lowest BCUT2D eigenvalue weighted by Crippen LogP contribution is -2.30. The van der Waals surface area contributed by atoms with Crippen LogP contribution < -0.4 is 16.0 Å². The van der Waals surface area contributed by atoms with Crippen molar-refractivity contribution in [3.8, 4) is 0 Å². The first-order chi connectivity index (χ1) is 24.5. The third-order valence-corrected chi connectivity index (χ3v) is 9.41. The number of amides is 3. The van der Waals surface area contributed by atoms with E-state index in [9.17, 15) is 14.4 Å². The lowest BCUT2D eigenvalue weighted by Gasteiger charge is -2.18. The highest BCUT2D eigenvalue weighted by molar-refractivity contribution is 8.00. The molecule has 244 valence electrons. The van der Waals surface area contributed by atoms with Gasteiger partial charge in [0.15, 0.2) is 0 Å². The number of fused-ring (bicyclic) bond motifs is 2. The van der Waals surface area contributed by atoms with Crippen molar-refractivity contribution in [1.82, 2.24) is 10.3 Å². The Kier molecular flexibility index (Phi) is 9.53. The maximum atomic E-state index is 13.9. The van der Waals surface area contributed by atoms with Gasteiger partial charge in [0.25, 0.3) is 11.8 Å². The van der Waals surface area contributed by atoms with Crippen LogP contribution in [0, 0.1) is 0 Å². The molecule has 0 aliphatic rings. The average Bonchev–Trinajstić information content (AvgIpc) is 3.62.